The van der Waals surface area contributed by atoms with Gasteiger partial charge in [-0.05, 0) is 50.2 Å². The molecule has 2 N–H and O–H groups in total. The van der Waals surface area contributed by atoms with Crippen LogP contribution >= 0.6 is 0 Å². The lowest BCUT2D eigenvalue weighted by atomic mass is 10.2. The van der Waals surface area contributed by atoms with Gasteiger partial charge in [-0.15, -0.1) is 0 Å². The zero-order valence-corrected chi connectivity index (χ0v) is 15.5. The van der Waals surface area contributed by atoms with E-state index in [1.807, 2.05) is 26.0 Å². The molecule has 0 radical (unpaired) electrons. The van der Waals surface area contributed by atoms with Crippen LogP contribution in [0.1, 0.15) is 29.9 Å². The Morgan fingerprint density at radius 3 is 2.57 bits per heavy atom. The number of rotatable bonds is 6. The van der Waals surface area contributed by atoms with Crippen LogP contribution in [0.2, 0.25) is 0 Å². The van der Waals surface area contributed by atoms with E-state index in [1.165, 1.54) is 6.33 Å². The number of nitrogens with one attached hydrogen (secondary N) is 2. The molecule has 0 aliphatic heterocycles. The molecule has 0 atom stereocenters. The predicted octanol–water partition coefficient (Wildman–Crippen LogP) is 4.13. The first-order valence-corrected chi connectivity index (χ1v) is 8.71. The van der Waals surface area contributed by atoms with Crippen LogP contribution in [0.5, 0.6) is 5.75 Å². The zero-order chi connectivity index (χ0) is 19.9. The summed E-state index contributed by atoms with van der Waals surface area (Å²) >= 11 is 0. The lowest BCUT2D eigenvalue weighted by molar-refractivity contribution is 0.102. The van der Waals surface area contributed by atoms with Crippen LogP contribution < -0.4 is 15.4 Å². The van der Waals surface area contributed by atoms with Gasteiger partial charge in [-0.2, -0.15) is 5.26 Å². The Balaban J connectivity index is 1.75. The minimum absolute atomic E-state index is 0.0136. The summed E-state index contributed by atoms with van der Waals surface area (Å²) in [6.07, 6.45) is 1.30. The van der Waals surface area contributed by atoms with Gasteiger partial charge in [0.2, 0.25) is 0 Å². The number of nitriles is 1. The molecule has 0 aliphatic carbocycles. The highest BCUT2D eigenvalue weighted by Crippen LogP contribution is 2.25. The second-order valence-electron chi connectivity index (χ2n) is 6.22. The van der Waals surface area contributed by atoms with Gasteiger partial charge in [0.05, 0.1) is 23.4 Å². The smallest absolute Gasteiger partial charge is 0.274 e. The van der Waals surface area contributed by atoms with E-state index in [0.29, 0.717) is 22.8 Å². The molecule has 0 saturated carbocycles. The minimum Gasteiger partial charge on any atom is -0.489 e. The molecule has 0 spiro atoms. The van der Waals surface area contributed by atoms with Crippen LogP contribution in [0, 0.1) is 11.3 Å². The Morgan fingerprint density at radius 1 is 1.11 bits per heavy atom. The summed E-state index contributed by atoms with van der Waals surface area (Å²) in [7, 11) is 0. The van der Waals surface area contributed by atoms with Crippen molar-refractivity contribution in [3.8, 4) is 11.8 Å². The van der Waals surface area contributed by atoms with E-state index in [4.69, 9.17) is 10.00 Å². The van der Waals surface area contributed by atoms with E-state index in [9.17, 15) is 4.79 Å². The Kier molecular flexibility index (Phi) is 5.82. The summed E-state index contributed by atoms with van der Waals surface area (Å²) in [5, 5.41) is 14.8. The zero-order valence-electron chi connectivity index (χ0n) is 15.5. The van der Waals surface area contributed by atoms with Crippen molar-refractivity contribution < 1.29 is 9.53 Å². The van der Waals surface area contributed by atoms with Crippen LogP contribution in [-0.2, 0) is 0 Å². The third-order valence-corrected chi connectivity index (χ3v) is 3.68. The van der Waals surface area contributed by atoms with Crippen molar-refractivity contribution in [3.05, 3.63) is 72.2 Å². The number of carbonyl (C=O) groups is 1. The third-order valence-electron chi connectivity index (χ3n) is 3.68. The van der Waals surface area contributed by atoms with Crippen molar-refractivity contribution >= 4 is 23.1 Å². The molecule has 0 unspecified atom stereocenters. The van der Waals surface area contributed by atoms with Crippen molar-refractivity contribution in [2.45, 2.75) is 20.0 Å². The monoisotopic (exact) mass is 373 g/mol. The molecular weight excluding hydrogens is 354 g/mol. The molecule has 1 heterocycles. The number of ether oxygens (including phenoxy) is 1. The summed E-state index contributed by atoms with van der Waals surface area (Å²) in [5.74, 6) is 0.692. The van der Waals surface area contributed by atoms with Gasteiger partial charge in [0.1, 0.15) is 23.6 Å². The molecule has 28 heavy (non-hydrogen) atoms. The number of hydrogen-bond acceptors (Lipinski definition) is 6. The van der Waals surface area contributed by atoms with E-state index >= 15 is 0 Å². The van der Waals surface area contributed by atoms with E-state index in [0.717, 1.165) is 5.69 Å². The summed E-state index contributed by atoms with van der Waals surface area (Å²) in [4.78, 5) is 20.8. The molecule has 0 saturated heterocycles. The molecule has 0 bridgehead atoms. The number of anilines is 3. The predicted molar refractivity (Wildman–Crippen MR) is 107 cm³/mol. The van der Waals surface area contributed by atoms with E-state index < -0.39 is 0 Å². The van der Waals surface area contributed by atoms with Crippen LogP contribution in [0.25, 0.3) is 0 Å². The maximum Gasteiger partial charge on any atom is 0.274 e. The summed E-state index contributed by atoms with van der Waals surface area (Å²) in [6.45, 7) is 3.84. The minimum atomic E-state index is -0.370. The lowest BCUT2D eigenvalue weighted by Gasteiger charge is -2.14. The highest BCUT2D eigenvalue weighted by molar-refractivity contribution is 6.04. The van der Waals surface area contributed by atoms with Crippen molar-refractivity contribution in [1.82, 2.24) is 9.97 Å². The van der Waals surface area contributed by atoms with Gasteiger partial charge >= 0.3 is 0 Å². The second-order valence-corrected chi connectivity index (χ2v) is 6.22. The normalized spacial score (nSPS) is 10.2. The van der Waals surface area contributed by atoms with E-state index in [-0.39, 0.29) is 17.7 Å². The maximum atomic E-state index is 12.6. The molecule has 0 aliphatic rings. The van der Waals surface area contributed by atoms with Crippen molar-refractivity contribution in [3.63, 3.8) is 0 Å². The fourth-order valence-corrected chi connectivity index (χ4v) is 2.44. The Morgan fingerprint density at radius 2 is 1.86 bits per heavy atom. The highest BCUT2D eigenvalue weighted by Gasteiger charge is 2.13. The highest BCUT2D eigenvalue weighted by atomic mass is 16.5. The number of amides is 1. The number of hydrogen-bond donors (Lipinski definition) is 2. The molecule has 3 aromatic rings. The van der Waals surface area contributed by atoms with E-state index in [1.54, 1.807) is 42.5 Å². The Hall–Kier alpha value is -3.92. The average Bonchev–Trinajstić information content (AvgIpc) is 2.70. The second kappa shape index (κ2) is 8.64. The van der Waals surface area contributed by atoms with Gasteiger partial charge in [0.25, 0.3) is 5.91 Å². The topological polar surface area (TPSA) is 99.9 Å². The van der Waals surface area contributed by atoms with Crippen LogP contribution in [-0.4, -0.2) is 22.0 Å². The molecule has 7 nitrogen and oxygen atoms in total. The van der Waals surface area contributed by atoms with Gasteiger partial charge in [0.15, 0.2) is 0 Å². The third kappa shape index (κ3) is 4.83. The molecule has 1 aromatic heterocycles. The standard InChI is InChI=1S/C21H19N5O2/c1-14(2)28-19-6-4-3-5-17(19)26-21(27)18-11-20(24-13-23-18)25-16-9-7-15(12-22)8-10-16/h3-11,13-14H,1-2H3,(H,26,27)(H,23,24,25). The SMILES string of the molecule is CC(C)Oc1ccccc1NC(=O)c1cc(Nc2ccc(C#N)cc2)ncn1. The number of nitrogens with zero attached hydrogens (tertiary/aromatic N) is 3. The van der Waals surface area contributed by atoms with Crippen molar-refractivity contribution in [2.75, 3.05) is 10.6 Å². The Bertz CT molecular complexity index is 1010. The van der Waals surface area contributed by atoms with Gasteiger partial charge < -0.3 is 15.4 Å². The summed E-state index contributed by atoms with van der Waals surface area (Å²) < 4.78 is 5.72. The number of para-hydroxylation sites is 2. The first-order valence-electron chi connectivity index (χ1n) is 8.71. The van der Waals surface area contributed by atoms with E-state index in [2.05, 4.69) is 26.7 Å². The average molecular weight is 373 g/mol. The summed E-state index contributed by atoms with van der Waals surface area (Å²) in [5.41, 5.74) is 2.10. The largest absolute Gasteiger partial charge is 0.489 e. The quantitative estimate of drug-likeness (QED) is 0.674. The van der Waals surface area contributed by atoms with Crippen molar-refractivity contribution in [1.29, 1.82) is 5.26 Å². The first kappa shape index (κ1) is 18.9. The fourth-order valence-electron chi connectivity index (χ4n) is 2.44. The van der Waals surface area contributed by atoms with Gasteiger partial charge in [-0.25, -0.2) is 9.97 Å². The van der Waals surface area contributed by atoms with Gasteiger partial charge in [-0.1, -0.05) is 12.1 Å². The van der Waals surface area contributed by atoms with Gasteiger partial charge in [0, 0.05) is 11.8 Å². The Labute approximate surface area is 163 Å². The molecule has 1 amide bonds. The van der Waals surface area contributed by atoms with Crippen molar-refractivity contribution in [2.24, 2.45) is 0 Å². The van der Waals surface area contributed by atoms with Crippen LogP contribution in [0.3, 0.4) is 0 Å². The van der Waals surface area contributed by atoms with Crippen LogP contribution in [0.4, 0.5) is 17.2 Å². The fraction of sp³-hybridized carbons (Fsp3) is 0.143. The number of benzene rings is 2. The molecule has 140 valence electrons. The molecule has 7 heteroatoms. The summed E-state index contributed by atoms with van der Waals surface area (Å²) in [6, 6.07) is 17.8. The van der Waals surface area contributed by atoms with Gasteiger partial charge in [-0.3, -0.25) is 4.79 Å². The molecule has 2 aromatic carbocycles. The van der Waals surface area contributed by atoms with Crippen LogP contribution in [0.15, 0.2) is 60.9 Å². The molecule has 3 rings (SSSR count). The first-order chi connectivity index (χ1) is 13.5. The molecule has 0 fully saturated rings. The molecular formula is C21H19N5O2. The maximum absolute atomic E-state index is 12.6. The number of carbonyl (C=O) groups excluding carboxylic acids is 1. The number of aromatic nitrogens is 2. The lowest BCUT2D eigenvalue weighted by Crippen LogP contribution is -2.16.